The molecule has 0 aliphatic carbocycles. The second-order valence-corrected chi connectivity index (χ2v) is 7.46. The van der Waals surface area contributed by atoms with Crippen molar-refractivity contribution in [1.29, 1.82) is 5.41 Å². The van der Waals surface area contributed by atoms with Crippen LogP contribution >= 0.6 is 0 Å². The summed E-state index contributed by atoms with van der Waals surface area (Å²) in [5.74, 6) is -0.196. The van der Waals surface area contributed by atoms with E-state index in [-0.39, 0.29) is 24.1 Å². The first-order chi connectivity index (χ1) is 15.7. The van der Waals surface area contributed by atoms with E-state index in [9.17, 15) is 20.1 Å². The highest BCUT2D eigenvalue weighted by molar-refractivity contribution is 5.11. The number of anilines is 1. The Kier molecular flexibility index (Phi) is 6.39. The molecule has 0 spiro atoms. The molecule has 3 aliphatic rings. The number of fused-ring (bicyclic) bond motifs is 3. The Morgan fingerprint density at radius 1 is 1.00 bits per heavy atom. The molecule has 2 fully saturated rings. The lowest BCUT2D eigenvalue weighted by Gasteiger charge is -2.16. The number of rotatable bonds is 3. The van der Waals surface area contributed by atoms with E-state index in [0.717, 1.165) is 10.9 Å². The largest absolute Gasteiger partial charge is 0.454 e. The average Bonchev–Trinajstić information content (AvgIpc) is 3.39. The van der Waals surface area contributed by atoms with Gasteiger partial charge in [0.25, 0.3) is 0 Å². The van der Waals surface area contributed by atoms with E-state index < -0.39 is 61.4 Å². The molecule has 0 amide bonds. The second-order valence-electron chi connectivity index (χ2n) is 7.46. The smallest absolute Gasteiger partial charge is 0.354 e. The number of hydrogen-bond donors (Lipinski definition) is 7. The first-order valence-electron chi connectivity index (χ1n) is 9.83. The Balaban J connectivity index is 0.000000157. The fourth-order valence-corrected chi connectivity index (χ4v) is 3.68. The Morgan fingerprint density at radius 2 is 1.67 bits per heavy atom. The number of nitrogens with two attached hydrogens (primary N) is 1. The highest BCUT2D eigenvalue weighted by atomic mass is 16.6. The SMILES string of the molecule is N=c1ccn2c(n1)O[C@H]1[C@H](O)[C@@H](CO)O[C@H]12.Nc1ncn([C@@H]2O[C@H](CO)[C@@H](O)[C@H]2O)c(=O)n1. The molecule has 0 bridgehead atoms. The minimum atomic E-state index is -1.35. The van der Waals surface area contributed by atoms with Crippen molar-refractivity contribution in [2.75, 3.05) is 18.9 Å². The normalized spacial score (nSPS) is 34.2. The summed E-state index contributed by atoms with van der Waals surface area (Å²) in [6.45, 7) is -0.726. The third-order valence-electron chi connectivity index (χ3n) is 5.38. The van der Waals surface area contributed by atoms with Gasteiger partial charge in [0, 0.05) is 6.20 Å². The Bertz CT molecular complexity index is 1110. The van der Waals surface area contributed by atoms with Gasteiger partial charge in [-0.1, -0.05) is 0 Å². The van der Waals surface area contributed by atoms with Gasteiger partial charge in [0.05, 0.1) is 13.2 Å². The number of nitrogen functional groups attached to an aromatic ring is 1. The molecule has 8 atom stereocenters. The van der Waals surface area contributed by atoms with Crippen LogP contribution in [-0.2, 0) is 9.47 Å². The fourth-order valence-electron chi connectivity index (χ4n) is 3.68. The van der Waals surface area contributed by atoms with E-state index in [4.69, 9.17) is 35.6 Å². The maximum Gasteiger partial charge on any atom is 0.354 e. The van der Waals surface area contributed by atoms with Crippen molar-refractivity contribution in [3.8, 4) is 6.01 Å². The summed E-state index contributed by atoms with van der Waals surface area (Å²) in [6, 6.07) is 1.77. The van der Waals surface area contributed by atoms with Crippen molar-refractivity contribution in [3.63, 3.8) is 0 Å². The van der Waals surface area contributed by atoms with Crippen LogP contribution in [0.3, 0.4) is 0 Å². The summed E-state index contributed by atoms with van der Waals surface area (Å²) in [4.78, 5) is 22.3. The molecular weight excluding hydrogens is 446 g/mol. The van der Waals surface area contributed by atoms with E-state index >= 15 is 0 Å². The zero-order valence-electron chi connectivity index (χ0n) is 16.9. The number of ether oxygens (including phenoxy) is 3. The molecule has 16 heteroatoms. The van der Waals surface area contributed by atoms with Crippen LogP contribution in [0.25, 0.3) is 0 Å². The number of aromatic nitrogens is 5. The summed E-state index contributed by atoms with van der Waals surface area (Å²) >= 11 is 0. The Labute approximate surface area is 184 Å². The molecule has 180 valence electrons. The van der Waals surface area contributed by atoms with E-state index in [1.54, 1.807) is 10.8 Å². The number of nitrogens with one attached hydrogen (secondary N) is 1. The first kappa shape index (κ1) is 23.2. The maximum absolute atomic E-state index is 11.5. The number of aliphatic hydroxyl groups excluding tert-OH is 5. The van der Waals surface area contributed by atoms with Gasteiger partial charge in [-0.05, 0) is 6.07 Å². The lowest BCUT2D eigenvalue weighted by molar-refractivity contribution is -0.0554. The molecule has 5 rings (SSSR count). The van der Waals surface area contributed by atoms with Crippen LogP contribution in [0.15, 0.2) is 23.4 Å². The van der Waals surface area contributed by atoms with Gasteiger partial charge in [-0.2, -0.15) is 9.97 Å². The summed E-state index contributed by atoms with van der Waals surface area (Å²) in [6.07, 6.45) is -4.60. The van der Waals surface area contributed by atoms with Crippen molar-refractivity contribution >= 4 is 5.95 Å². The first-order valence-corrected chi connectivity index (χ1v) is 9.83. The summed E-state index contributed by atoms with van der Waals surface area (Å²) in [7, 11) is 0. The molecular formula is C17H23N7O9. The molecule has 8 N–H and O–H groups in total. The van der Waals surface area contributed by atoms with Gasteiger partial charge in [-0.15, -0.1) is 0 Å². The van der Waals surface area contributed by atoms with Gasteiger partial charge in [0.2, 0.25) is 5.95 Å². The minimum absolute atomic E-state index is 0.0967. The lowest BCUT2D eigenvalue weighted by Crippen LogP contribution is -2.36. The molecule has 2 aromatic heterocycles. The molecule has 2 saturated heterocycles. The zero-order chi connectivity index (χ0) is 23.9. The van der Waals surface area contributed by atoms with Crippen LogP contribution < -0.4 is 21.6 Å². The predicted molar refractivity (Wildman–Crippen MR) is 103 cm³/mol. The van der Waals surface area contributed by atoms with E-state index in [1.165, 1.54) is 6.07 Å². The van der Waals surface area contributed by atoms with Gasteiger partial charge in [-0.3, -0.25) is 14.5 Å². The topological polar surface area (TPSA) is 244 Å². The van der Waals surface area contributed by atoms with Gasteiger partial charge in [-0.25, -0.2) is 9.78 Å². The quantitative estimate of drug-likeness (QED) is 0.223. The number of hydrogen-bond acceptors (Lipinski definition) is 14. The van der Waals surface area contributed by atoms with Crippen LogP contribution in [0.5, 0.6) is 6.01 Å². The molecule has 5 heterocycles. The highest BCUT2D eigenvalue weighted by Crippen LogP contribution is 2.38. The standard InChI is InChI=1S/C9H11N3O4.C8H12N4O5/c10-5-1-2-12-8-7(16-9(12)11-5)6(14)4(3-13)15-8;9-7-10-2-12(8(16)11-7)6-5(15)4(14)3(1-13)17-6/h1-2,4,6-8,10,13-14H,3H2;2-6,13-15H,1H2,(H2,9,11,16)/t4-,6-,7+,8-;3-,4-,5-,6-/m11/s1. The third-order valence-corrected chi connectivity index (χ3v) is 5.38. The zero-order valence-corrected chi connectivity index (χ0v) is 16.9. The van der Waals surface area contributed by atoms with Crippen LogP contribution in [0, 0.1) is 5.41 Å². The average molecular weight is 469 g/mol. The van der Waals surface area contributed by atoms with Crippen molar-refractivity contribution in [1.82, 2.24) is 24.1 Å². The Hall–Kier alpha value is -2.99. The van der Waals surface area contributed by atoms with Crippen LogP contribution in [-0.4, -0.2) is 99.5 Å². The van der Waals surface area contributed by atoms with Crippen molar-refractivity contribution in [2.45, 2.75) is 49.1 Å². The molecule has 0 unspecified atom stereocenters. The molecule has 3 aliphatic heterocycles. The minimum Gasteiger partial charge on any atom is -0.454 e. The molecule has 0 saturated carbocycles. The fraction of sp³-hybridized carbons (Fsp3) is 0.588. The summed E-state index contributed by atoms with van der Waals surface area (Å²) < 4.78 is 18.5. The summed E-state index contributed by atoms with van der Waals surface area (Å²) in [5, 5.41) is 54.2. The Morgan fingerprint density at radius 3 is 2.30 bits per heavy atom. The van der Waals surface area contributed by atoms with Crippen molar-refractivity contribution in [2.24, 2.45) is 0 Å². The highest BCUT2D eigenvalue weighted by Gasteiger charge is 2.50. The van der Waals surface area contributed by atoms with Crippen molar-refractivity contribution in [3.05, 3.63) is 34.6 Å². The monoisotopic (exact) mass is 469 g/mol. The van der Waals surface area contributed by atoms with E-state index in [2.05, 4.69) is 15.0 Å². The lowest BCUT2D eigenvalue weighted by atomic mass is 10.1. The van der Waals surface area contributed by atoms with Gasteiger partial charge < -0.3 is 45.5 Å². The summed E-state index contributed by atoms with van der Waals surface area (Å²) in [5.41, 5.74) is 4.55. The van der Waals surface area contributed by atoms with Crippen molar-refractivity contribution < 1.29 is 39.7 Å². The number of aliphatic hydroxyl groups is 5. The van der Waals surface area contributed by atoms with Crippen LogP contribution in [0.1, 0.15) is 12.5 Å². The second kappa shape index (κ2) is 9.10. The molecule has 0 aromatic carbocycles. The van der Waals surface area contributed by atoms with E-state index in [1.807, 2.05) is 0 Å². The van der Waals surface area contributed by atoms with Gasteiger partial charge >= 0.3 is 11.7 Å². The van der Waals surface area contributed by atoms with Gasteiger partial charge in [0.1, 0.15) is 36.8 Å². The predicted octanol–water partition coefficient (Wildman–Crippen LogP) is -4.79. The number of nitrogens with zero attached hydrogens (tertiary/aromatic N) is 5. The van der Waals surface area contributed by atoms with E-state index in [0.29, 0.717) is 0 Å². The third kappa shape index (κ3) is 4.20. The molecule has 2 aromatic rings. The molecule has 33 heavy (non-hydrogen) atoms. The van der Waals surface area contributed by atoms with Crippen LogP contribution in [0.4, 0.5) is 5.95 Å². The molecule has 16 nitrogen and oxygen atoms in total. The maximum atomic E-state index is 11.5. The van der Waals surface area contributed by atoms with Gasteiger partial charge in [0.15, 0.2) is 24.0 Å². The van der Waals surface area contributed by atoms with Crippen LogP contribution in [0.2, 0.25) is 0 Å². The molecule has 0 radical (unpaired) electrons.